The Bertz CT molecular complexity index is 764. The fourth-order valence-corrected chi connectivity index (χ4v) is 1.91. The van der Waals surface area contributed by atoms with E-state index in [4.69, 9.17) is 9.47 Å². The Morgan fingerprint density at radius 3 is 2.44 bits per heavy atom. The van der Waals surface area contributed by atoms with Gasteiger partial charge in [0, 0.05) is 7.05 Å². The van der Waals surface area contributed by atoms with Crippen LogP contribution in [-0.2, 0) is 4.74 Å². The van der Waals surface area contributed by atoms with Crippen molar-refractivity contribution in [3.05, 3.63) is 48.3 Å². The average Bonchev–Trinajstić information content (AvgIpc) is 2.54. The summed E-state index contributed by atoms with van der Waals surface area (Å²) in [6.07, 6.45) is 2.54. The molecule has 0 saturated carbocycles. The summed E-state index contributed by atoms with van der Waals surface area (Å²) in [5, 5.41) is 0. The summed E-state index contributed by atoms with van der Waals surface area (Å²) >= 11 is 0. The van der Waals surface area contributed by atoms with Crippen LogP contribution in [0.25, 0.3) is 6.08 Å². The van der Waals surface area contributed by atoms with E-state index in [0.29, 0.717) is 11.4 Å². The molecule has 2 rings (SSSR count). The topological polar surface area (TPSA) is 64.6 Å². The number of aromatic nitrogens is 2. The minimum atomic E-state index is -0.613. The Morgan fingerprint density at radius 2 is 1.88 bits per heavy atom. The molecule has 0 atom stereocenters. The molecule has 0 aliphatic carbocycles. The SMILES string of the molecule is C=Cc1cnc(N(C)C(=O)OC(C)(C)C)c(Oc2ccc(C)cc2)n1. The van der Waals surface area contributed by atoms with E-state index in [1.807, 2.05) is 31.2 Å². The molecule has 0 aliphatic rings. The second-order valence-electron chi connectivity index (χ2n) is 6.58. The molecular formula is C19H23N3O3. The maximum Gasteiger partial charge on any atom is 0.415 e. The Labute approximate surface area is 148 Å². The van der Waals surface area contributed by atoms with E-state index in [9.17, 15) is 4.79 Å². The molecule has 25 heavy (non-hydrogen) atoms. The van der Waals surface area contributed by atoms with Crippen molar-refractivity contribution in [2.45, 2.75) is 33.3 Å². The molecule has 0 saturated heterocycles. The van der Waals surface area contributed by atoms with Crippen molar-refractivity contribution in [1.29, 1.82) is 0 Å². The van der Waals surface area contributed by atoms with E-state index in [2.05, 4.69) is 16.5 Å². The van der Waals surface area contributed by atoms with Crippen LogP contribution in [0.5, 0.6) is 11.6 Å². The highest BCUT2D eigenvalue weighted by Crippen LogP contribution is 2.29. The lowest BCUT2D eigenvalue weighted by Crippen LogP contribution is -2.34. The first-order valence-corrected chi connectivity index (χ1v) is 7.90. The van der Waals surface area contributed by atoms with E-state index in [1.165, 1.54) is 11.1 Å². The number of amides is 1. The fraction of sp³-hybridized carbons (Fsp3) is 0.316. The van der Waals surface area contributed by atoms with Crippen LogP contribution in [-0.4, -0.2) is 28.7 Å². The summed E-state index contributed by atoms with van der Waals surface area (Å²) in [4.78, 5) is 22.2. The normalized spacial score (nSPS) is 10.9. The predicted octanol–water partition coefficient (Wildman–Crippen LogP) is 4.59. The Morgan fingerprint density at radius 1 is 1.24 bits per heavy atom. The third-order valence-electron chi connectivity index (χ3n) is 3.17. The molecule has 1 aromatic heterocycles. The molecule has 0 unspecified atom stereocenters. The lowest BCUT2D eigenvalue weighted by molar-refractivity contribution is 0.0587. The number of rotatable bonds is 4. The lowest BCUT2D eigenvalue weighted by atomic mass is 10.2. The highest BCUT2D eigenvalue weighted by Gasteiger charge is 2.24. The zero-order valence-electron chi connectivity index (χ0n) is 15.2. The van der Waals surface area contributed by atoms with Gasteiger partial charge in [0.2, 0.25) is 5.82 Å². The average molecular weight is 341 g/mol. The number of carbonyl (C=O) groups excluding carboxylic acids is 1. The van der Waals surface area contributed by atoms with E-state index < -0.39 is 11.7 Å². The summed E-state index contributed by atoms with van der Waals surface area (Å²) in [7, 11) is 1.56. The first-order chi connectivity index (χ1) is 11.7. The van der Waals surface area contributed by atoms with Crippen LogP contribution >= 0.6 is 0 Å². The first kappa shape index (κ1) is 18.4. The molecule has 0 N–H and O–H groups in total. The minimum absolute atomic E-state index is 0.203. The molecular weight excluding hydrogens is 318 g/mol. The van der Waals surface area contributed by atoms with Gasteiger partial charge in [-0.25, -0.2) is 14.8 Å². The number of nitrogens with zero attached hydrogens (tertiary/aromatic N) is 3. The highest BCUT2D eigenvalue weighted by molar-refractivity contribution is 5.87. The molecule has 132 valence electrons. The molecule has 0 spiro atoms. The Balaban J connectivity index is 2.35. The van der Waals surface area contributed by atoms with Crippen molar-refractivity contribution in [2.24, 2.45) is 0 Å². The zero-order chi connectivity index (χ0) is 18.6. The van der Waals surface area contributed by atoms with E-state index in [1.54, 1.807) is 33.9 Å². The number of hydrogen-bond donors (Lipinski definition) is 0. The van der Waals surface area contributed by atoms with Gasteiger partial charge >= 0.3 is 6.09 Å². The highest BCUT2D eigenvalue weighted by atomic mass is 16.6. The van der Waals surface area contributed by atoms with Gasteiger partial charge in [0.05, 0.1) is 11.9 Å². The molecule has 6 heteroatoms. The van der Waals surface area contributed by atoms with Crippen LogP contribution in [0.2, 0.25) is 0 Å². The van der Waals surface area contributed by atoms with Gasteiger partial charge in [-0.1, -0.05) is 24.3 Å². The van der Waals surface area contributed by atoms with E-state index in [-0.39, 0.29) is 11.7 Å². The van der Waals surface area contributed by atoms with Gasteiger partial charge in [-0.2, -0.15) is 0 Å². The van der Waals surface area contributed by atoms with Gasteiger partial charge in [0.25, 0.3) is 5.88 Å². The van der Waals surface area contributed by atoms with Crippen molar-refractivity contribution >= 4 is 18.0 Å². The van der Waals surface area contributed by atoms with E-state index >= 15 is 0 Å². The van der Waals surface area contributed by atoms with Gasteiger partial charge in [-0.3, -0.25) is 4.90 Å². The maximum atomic E-state index is 12.3. The first-order valence-electron chi connectivity index (χ1n) is 7.90. The fourth-order valence-electron chi connectivity index (χ4n) is 1.91. The zero-order valence-corrected chi connectivity index (χ0v) is 15.2. The summed E-state index contributed by atoms with van der Waals surface area (Å²) in [6, 6.07) is 7.51. The third kappa shape index (κ3) is 5.04. The van der Waals surface area contributed by atoms with Crippen LogP contribution in [0.4, 0.5) is 10.6 Å². The number of carbonyl (C=O) groups is 1. The largest absolute Gasteiger partial charge is 0.443 e. The minimum Gasteiger partial charge on any atom is -0.443 e. The molecule has 6 nitrogen and oxygen atoms in total. The lowest BCUT2D eigenvalue weighted by Gasteiger charge is -2.24. The second kappa shape index (κ2) is 7.34. The number of aryl methyl sites for hydroxylation is 1. The third-order valence-corrected chi connectivity index (χ3v) is 3.17. The number of ether oxygens (including phenoxy) is 2. The quantitative estimate of drug-likeness (QED) is 0.813. The summed E-state index contributed by atoms with van der Waals surface area (Å²) < 4.78 is 11.2. The standard InChI is InChI=1S/C19H23N3O3/c1-7-14-12-20-16(22(6)18(23)25-19(3,4)5)17(21-14)24-15-10-8-13(2)9-11-15/h7-12H,1H2,2-6H3. The molecule has 0 fully saturated rings. The van der Waals surface area contributed by atoms with Crippen LogP contribution in [0, 0.1) is 6.92 Å². The van der Waals surface area contributed by atoms with Crippen molar-refractivity contribution < 1.29 is 14.3 Å². The van der Waals surface area contributed by atoms with Gasteiger partial charge in [0.15, 0.2) is 0 Å². The smallest absolute Gasteiger partial charge is 0.415 e. The maximum absolute atomic E-state index is 12.3. The Hall–Kier alpha value is -2.89. The van der Waals surface area contributed by atoms with Crippen molar-refractivity contribution in [3.8, 4) is 11.6 Å². The van der Waals surface area contributed by atoms with Crippen LogP contribution in [0.1, 0.15) is 32.0 Å². The molecule has 0 aliphatic heterocycles. The van der Waals surface area contributed by atoms with E-state index in [0.717, 1.165) is 5.56 Å². The van der Waals surface area contributed by atoms with Crippen molar-refractivity contribution in [3.63, 3.8) is 0 Å². The molecule has 1 heterocycles. The number of hydrogen-bond acceptors (Lipinski definition) is 5. The summed E-state index contributed by atoms with van der Waals surface area (Å²) in [5.41, 5.74) is 1.05. The Kier molecular flexibility index (Phi) is 5.41. The monoisotopic (exact) mass is 341 g/mol. The summed E-state index contributed by atoms with van der Waals surface area (Å²) in [6.45, 7) is 11.1. The molecule has 2 aromatic rings. The summed E-state index contributed by atoms with van der Waals surface area (Å²) in [5.74, 6) is 1.06. The molecule has 0 radical (unpaired) electrons. The molecule has 0 bridgehead atoms. The van der Waals surface area contributed by atoms with Crippen LogP contribution < -0.4 is 9.64 Å². The van der Waals surface area contributed by atoms with Gasteiger partial charge in [-0.05, 0) is 45.9 Å². The number of benzene rings is 1. The van der Waals surface area contributed by atoms with Gasteiger partial charge in [0.1, 0.15) is 11.4 Å². The molecule has 1 amide bonds. The van der Waals surface area contributed by atoms with Crippen LogP contribution in [0.15, 0.2) is 37.0 Å². The van der Waals surface area contributed by atoms with Gasteiger partial charge in [-0.15, -0.1) is 0 Å². The second-order valence-corrected chi connectivity index (χ2v) is 6.58. The van der Waals surface area contributed by atoms with Crippen molar-refractivity contribution in [1.82, 2.24) is 9.97 Å². The van der Waals surface area contributed by atoms with Crippen LogP contribution in [0.3, 0.4) is 0 Å². The number of anilines is 1. The van der Waals surface area contributed by atoms with Crippen molar-refractivity contribution in [2.75, 3.05) is 11.9 Å². The molecule has 1 aromatic carbocycles. The predicted molar refractivity (Wildman–Crippen MR) is 98.0 cm³/mol. The van der Waals surface area contributed by atoms with Gasteiger partial charge < -0.3 is 9.47 Å².